The topological polar surface area (TPSA) is 80.2 Å². The van der Waals surface area contributed by atoms with Crippen LogP contribution in [-0.4, -0.2) is 46.7 Å². The first-order chi connectivity index (χ1) is 10.1. The number of carbonyl (C=O) groups excluding carboxylic acids is 1. The van der Waals surface area contributed by atoms with Gasteiger partial charge in [0.1, 0.15) is 6.04 Å². The van der Waals surface area contributed by atoms with Gasteiger partial charge in [0, 0.05) is 13.1 Å². The third-order valence-electron chi connectivity index (χ3n) is 3.22. The molecule has 0 spiro atoms. The van der Waals surface area contributed by atoms with E-state index < -0.39 is 6.04 Å². The van der Waals surface area contributed by atoms with Gasteiger partial charge in [0.05, 0.1) is 6.61 Å². The van der Waals surface area contributed by atoms with Crippen LogP contribution in [0, 0.1) is 0 Å². The first kappa shape index (κ1) is 15.8. The molecule has 8 heteroatoms. The molecule has 1 aliphatic rings. The predicted octanol–water partition coefficient (Wildman–Crippen LogP) is 1.88. The van der Waals surface area contributed by atoms with E-state index in [1.165, 1.54) is 6.42 Å². The van der Waals surface area contributed by atoms with Crippen molar-refractivity contribution in [2.45, 2.75) is 39.2 Å². The number of carbonyl (C=O) groups is 1. The lowest BCUT2D eigenvalue weighted by atomic mass is 10.1. The molecule has 1 aromatic heterocycles. The summed E-state index contributed by atoms with van der Waals surface area (Å²) in [5.41, 5.74) is 0. The lowest BCUT2D eigenvalue weighted by Gasteiger charge is -2.26. The smallest absolute Gasteiger partial charge is 0.328 e. The van der Waals surface area contributed by atoms with Gasteiger partial charge < -0.3 is 15.0 Å². The summed E-state index contributed by atoms with van der Waals surface area (Å²) in [6.45, 7) is 5.61. The van der Waals surface area contributed by atoms with E-state index in [0.29, 0.717) is 12.6 Å². The average Bonchev–Trinajstić information content (AvgIpc) is 2.47. The van der Waals surface area contributed by atoms with Crippen LogP contribution in [0.3, 0.4) is 0 Å². The van der Waals surface area contributed by atoms with E-state index in [1.54, 1.807) is 13.8 Å². The van der Waals surface area contributed by atoms with Crippen LogP contribution in [0.2, 0.25) is 5.28 Å². The highest BCUT2D eigenvalue weighted by Crippen LogP contribution is 2.18. The number of ether oxygens (including phenoxy) is 1. The Labute approximate surface area is 129 Å². The zero-order valence-corrected chi connectivity index (χ0v) is 13.1. The highest BCUT2D eigenvalue weighted by Gasteiger charge is 2.19. The van der Waals surface area contributed by atoms with Crippen LogP contribution in [0.15, 0.2) is 0 Å². The molecule has 0 aromatic carbocycles. The van der Waals surface area contributed by atoms with Gasteiger partial charge in [0.2, 0.25) is 17.2 Å². The summed E-state index contributed by atoms with van der Waals surface area (Å²) < 4.78 is 4.94. The van der Waals surface area contributed by atoms with E-state index >= 15 is 0 Å². The van der Waals surface area contributed by atoms with E-state index in [2.05, 4.69) is 25.2 Å². The quantitative estimate of drug-likeness (QED) is 0.831. The number of nitrogens with zero attached hydrogens (tertiary/aromatic N) is 4. The zero-order chi connectivity index (χ0) is 15.2. The standard InChI is InChI=1S/C13H20ClN5O2/c1-3-21-10(20)9(2)15-12-16-11(14)17-13(18-12)19-7-5-4-6-8-19/h9H,3-8H2,1-2H3,(H,15,16,17,18). The first-order valence-corrected chi connectivity index (χ1v) is 7.57. The molecular formula is C13H20ClN5O2. The van der Waals surface area contributed by atoms with E-state index in [-0.39, 0.29) is 17.2 Å². The van der Waals surface area contributed by atoms with Gasteiger partial charge in [0.15, 0.2) is 0 Å². The van der Waals surface area contributed by atoms with Crippen molar-refractivity contribution >= 4 is 29.5 Å². The second kappa shape index (κ2) is 7.40. The number of halogens is 1. The number of hydrogen-bond acceptors (Lipinski definition) is 7. The fourth-order valence-corrected chi connectivity index (χ4v) is 2.31. The Morgan fingerprint density at radius 2 is 2.05 bits per heavy atom. The number of anilines is 2. The highest BCUT2D eigenvalue weighted by atomic mass is 35.5. The number of nitrogens with one attached hydrogen (secondary N) is 1. The average molecular weight is 314 g/mol. The summed E-state index contributed by atoms with van der Waals surface area (Å²) in [5.74, 6) is 0.484. The normalized spacial score (nSPS) is 16.4. The first-order valence-electron chi connectivity index (χ1n) is 7.20. The molecule has 1 aliphatic heterocycles. The molecule has 0 amide bonds. The third kappa shape index (κ3) is 4.42. The fraction of sp³-hybridized carbons (Fsp3) is 0.692. The molecule has 7 nitrogen and oxygen atoms in total. The number of hydrogen-bond donors (Lipinski definition) is 1. The minimum atomic E-state index is -0.544. The second-order valence-corrected chi connectivity index (χ2v) is 5.23. The lowest BCUT2D eigenvalue weighted by molar-refractivity contribution is -0.143. The maximum atomic E-state index is 11.6. The predicted molar refractivity (Wildman–Crippen MR) is 80.6 cm³/mol. The number of aromatic nitrogens is 3. The van der Waals surface area contributed by atoms with Crippen molar-refractivity contribution in [2.75, 3.05) is 29.9 Å². The molecule has 21 heavy (non-hydrogen) atoms. The van der Waals surface area contributed by atoms with E-state index in [9.17, 15) is 4.79 Å². The Morgan fingerprint density at radius 3 is 2.71 bits per heavy atom. The Kier molecular flexibility index (Phi) is 5.55. The van der Waals surface area contributed by atoms with Crippen LogP contribution in [0.25, 0.3) is 0 Å². The molecule has 1 N–H and O–H groups in total. The monoisotopic (exact) mass is 313 g/mol. The van der Waals surface area contributed by atoms with Crippen LogP contribution in [0.5, 0.6) is 0 Å². The van der Waals surface area contributed by atoms with Crippen molar-refractivity contribution in [2.24, 2.45) is 0 Å². The molecule has 2 heterocycles. The van der Waals surface area contributed by atoms with Gasteiger partial charge in [0.25, 0.3) is 0 Å². The maximum Gasteiger partial charge on any atom is 0.328 e. The highest BCUT2D eigenvalue weighted by molar-refractivity contribution is 6.28. The Balaban J connectivity index is 2.09. The van der Waals surface area contributed by atoms with Crippen molar-refractivity contribution < 1.29 is 9.53 Å². The van der Waals surface area contributed by atoms with Gasteiger partial charge in [-0.05, 0) is 44.7 Å². The van der Waals surface area contributed by atoms with Crippen LogP contribution in [-0.2, 0) is 9.53 Å². The molecule has 1 aromatic rings. The minimum absolute atomic E-state index is 0.115. The molecule has 1 atom stereocenters. The summed E-state index contributed by atoms with van der Waals surface area (Å²) in [4.78, 5) is 26.2. The molecule has 116 valence electrons. The van der Waals surface area contributed by atoms with Crippen molar-refractivity contribution in [3.05, 3.63) is 5.28 Å². The molecule has 0 radical (unpaired) electrons. The molecule has 0 aliphatic carbocycles. The Morgan fingerprint density at radius 1 is 1.33 bits per heavy atom. The molecule has 0 saturated carbocycles. The summed E-state index contributed by atoms with van der Waals surface area (Å²) in [5, 5.41) is 3.01. The number of piperidine rings is 1. The Hall–Kier alpha value is -1.63. The van der Waals surface area contributed by atoms with E-state index in [4.69, 9.17) is 16.3 Å². The zero-order valence-electron chi connectivity index (χ0n) is 12.3. The summed E-state index contributed by atoms with van der Waals surface area (Å²) in [6.07, 6.45) is 3.46. The van der Waals surface area contributed by atoms with Gasteiger partial charge in [-0.15, -0.1) is 0 Å². The SMILES string of the molecule is CCOC(=O)C(C)Nc1nc(Cl)nc(N2CCCCC2)n1. The fourth-order valence-electron chi connectivity index (χ4n) is 2.16. The molecule has 1 saturated heterocycles. The van der Waals surface area contributed by atoms with E-state index in [1.807, 2.05) is 0 Å². The molecule has 2 rings (SSSR count). The number of esters is 1. The van der Waals surface area contributed by atoms with Gasteiger partial charge in [-0.1, -0.05) is 0 Å². The van der Waals surface area contributed by atoms with Crippen molar-refractivity contribution in [3.8, 4) is 0 Å². The molecule has 0 bridgehead atoms. The lowest BCUT2D eigenvalue weighted by Crippen LogP contribution is -2.32. The molecule has 1 unspecified atom stereocenters. The van der Waals surface area contributed by atoms with Crippen molar-refractivity contribution in [1.82, 2.24) is 15.0 Å². The molecular weight excluding hydrogens is 294 g/mol. The Bertz CT molecular complexity index is 493. The van der Waals surface area contributed by atoms with Crippen LogP contribution in [0.4, 0.5) is 11.9 Å². The van der Waals surface area contributed by atoms with Crippen molar-refractivity contribution in [1.29, 1.82) is 0 Å². The maximum absolute atomic E-state index is 11.6. The van der Waals surface area contributed by atoms with Crippen molar-refractivity contribution in [3.63, 3.8) is 0 Å². The molecule has 1 fully saturated rings. The number of rotatable bonds is 5. The van der Waals surface area contributed by atoms with Crippen LogP contribution < -0.4 is 10.2 Å². The summed E-state index contributed by atoms with van der Waals surface area (Å²) >= 11 is 5.95. The third-order valence-corrected chi connectivity index (χ3v) is 3.39. The van der Waals surface area contributed by atoms with E-state index in [0.717, 1.165) is 25.9 Å². The summed E-state index contributed by atoms with van der Waals surface area (Å²) in [7, 11) is 0. The second-order valence-electron chi connectivity index (χ2n) is 4.89. The van der Waals surface area contributed by atoms with Crippen LogP contribution >= 0.6 is 11.6 Å². The van der Waals surface area contributed by atoms with Crippen LogP contribution in [0.1, 0.15) is 33.1 Å². The summed E-state index contributed by atoms with van der Waals surface area (Å²) in [6, 6.07) is -0.544. The van der Waals surface area contributed by atoms with Gasteiger partial charge in [-0.3, -0.25) is 0 Å². The van der Waals surface area contributed by atoms with Gasteiger partial charge in [-0.2, -0.15) is 15.0 Å². The minimum Gasteiger partial charge on any atom is -0.464 e. The largest absolute Gasteiger partial charge is 0.464 e. The van der Waals surface area contributed by atoms with Gasteiger partial charge in [-0.25, -0.2) is 4.79 Å². The van der Waals surface area contributed by atoms with Gasteiger partial charge >= 0.3 is 5.97 Å².